The van der Waals surface area contributed by atoms with Crippen LogP contribution < -0.4 is 10.9 Å². The minimum atomic E-state index is 0.600. The molecule has 0 amide bonds. The standard InChI is InChI=1S/C8H13N2/c1-2-4-8-7(3-1)5-6-9-10-8/h5,8,10H,1-4,6H2. The lowest BCUT2D eigenvalue weighted by molar-refractivity contribution is 0.384. The highest BCUT2D eigenvalue weighted by molar-refractivity contribution is 5.15. The van der Waals surface area contributed by atoms with E-state index in [2.05, 4.69) is 16.9 Å². The fourth-order valence-corrected chi connectivity index (χ4v) is 1.75. The Bertz CT molecular complexity index is 151. The quantitative estimate of drug-likeness (QED) is 0.495. The van der Waals surface area contributed by atoms with Gasteiger partial charge in [0.15, 0.2) is 0 Å². The Balaban J connectivity index is 2.08. The number of fused-ring (bicyclic) bond motifs is 1. The number of hydrogen-bond donors (Lipinski definition) is 1. The third kappa shape index (κ3) is 1.09. The van der Waals surface area contributed by atoms with Crippen molar-refractivity contribution in [2.75, 3.05) is 6.54 Å². The van der Waals surface area contributed by atoms with Crippen LogP contribution in [0.5, 0.6) is 0 Å². The monoisotopic (exact) mass is 137 g/mol. The molecule has 0 aromatic rings. The summed E-state index contributed by atoms with van der Waals surface area (Å²) < 4.78 is 0. The first-order valence-corrected chi connectivity index (χ1v) is 4.08. The van der Waals surface area contributed by atoms with Gasteiger partial charge in [0, 0.05) is 12.6 Å². The SMILES string of the molecule is C1=C2CCCCC2N[N]C1. The lowest BCUT2D eigenvalue weighted by Crippen LogP contribution is -2.42. The molecule has 0 spiro atoms. The van der Waals surface area contributed by atoms with Gasteiger partial charge in [-0.2, -0.15) is 5.43 Å². The molecule has 1 N–H and O–H groups in total. The van der Waals surface area contributed by atoms with Gasteiger partial charge in [-0.15, -0.1) is 0 Å². The van der Waals surface area contributed by atoms with Crippen LogP contribution in [0.25, 0.3) is 0 Å². The summed E-state index contributed by atoms with van der Waals surface area (Å²) in [6.45, 7) is 0.881. The van der Waals surface area contributed by atoms with E-state index in [0.29, 0.717) is 6.04 Å². The smallest absolute Gasteiger partial charge is 0.0488 e. The van der Waals surface area contributed by atoms with Crippen molar-refractivity contribution in [1.82, 2.24) is 10.9 Å². The van der Waals surface area contributed by atoms with Gasteiger partial charge in [0.05, 0.1) is 0 Å². The van der Waals surface area contributed by atoms with Gasteiger partial charge < -0.3 is 0 Å². The van der Waals surface area contributed by atoms with E-state index in [0.717, 1.165) is 6.54 Å². The van der Waals surface area contributed by atoms with E-state index in [1.54, 1.807) is 5.57 Å². The summed E-state index contributed by atoms with van der Waals surface area (Å²) in [7, 11) is 0. The Kier molecular flexibility index (Phi) is 1.74. The normalized spacial score (nSPS) is 32.8. The molecule has 2 rings (SSSR count). The average molecular weight is 137 g/mol. The van der Waals surface area contributed by atoms with Crippen LogP contribution in [0.3, 0.4) is 0 Å². The summed E-state index contributed by atoms with van der Waals surface area (Å²) in [5.74, 6) is 0. The summed E-state index contributed by atoms with van der Waals surface area (Å²) in [4.78, 5) is 0. The molecule has 1 fully saturated rings. The van der Waals surface area contributed by atoms with Crippen molar-refractivity contribution in [3.8, 4) is 0 Å². The van der Waals surface area contributed by atoms with Crippen LogP contribution in [-0.2, 0) is 0 Å². The van der Waals surface area contributed by atoms with Crippen LogP contribution in [0, 0.1) is 0 Å². The van der Waals surface area contributed by atoms with Gasteiger partial charge in [-0.25, -0.2) is 5.43 Å². The van der Waals surface area contributed by atoms with Crippen molar-refractivity contribution in [3.63, 3.8) is 0 Å². The fourth-order valence-electron chi connectivity index (χ4n) is 1.75. The first-order chi connectivity index (χ1) is 4.97. The van der Waals surface area contributed by atoms with Gasteiger partial charge in [0.25, 0.3) is 0 Å². The van der Waals surface area contributed by atoms with Gasteiger partial charge >= 0.3 is 0 Å². The molecule has 1 atom stereocenters. The van der Waals surface area contributed by atoms with E-state index in [-0.39, 0.29) is 0 Å². The summed E-state index contributed by atoms with van der Waals surface area (Å²) in [5.41, 5.74) is 8.91. The fraction of sp³-hybridized carbons (Fsp3) is 0.750. The maximum atomic E-state index is 4.14. The zero-order chi connectivity index (χ0) is 6.81. The van der Waals surface area contributed by atoms with Crippen molar-refractivity contribution in [2.45, 2.75) is 31.7 Å². The lowest BCUT2D eigenvalue weighted by atomic mass is 9.89. The van der Waals surface area contributed by atoms with E-state index in [9.17, 15) is 0 Å². The second kappa shape index (κ2) is 2.72. The number of rotatable bonds is 0. The van der Waals surface area contributed by atoms with Crippen molar-refractivity contribution >= 4 is 0 Å². The van der Waals surface area contributed by atoms with Crippen molar-refractivity contribution in [3.05, 3.63) is 11.6 Å². The molecule has 2 aliphatic rings. The van der Waals surface area contributed by atoms with E-state index < -0.39 is 0 Å². The summed E-state index contributed by atoms with van der Waals surface area (Å²) in [6, 6.07) is 0.600. The highest BCUT2D eigenvalue weighted by Gasteiger charge is 2.20. The van der Waals surface area contributed by atoms with Gasteiger partial charge in [0.1, 0.15) is 0 Å². The van der Waals surface area contributed by atoms with E-state index in [1.165, 1.54) is 25.7 Å². The van der Waals surface area contributed by atoms with E-state index in [4.69, 9.17) is 0 Å². The van der Waals surface area contributed by atoms with Crippen LogP contribution >= 0.6 is 0 Å². The molecule has 0 saturated heterocycles. The summed E-state index contributed by atoms with van der Waals surface area (Å²) in [6.07, 6.45) is 7.61. The first-order valence-electron chi connectivity index (χ1n) is 4.08. The number of hydrogen-bond acceptors (Lipinski definition) is 1. The zero-order valence-corrected chi connectivity index (χ0v) is 6.14. The maximum Gasteiger partial charge on any atom is 0.0488 e. The molecule has 0 aromatic carbocycles. The highest BCUT2D eigenvalue weighted by atomic mass is 15.4. The molecule has 55 valence electrons. The van der Waals surface area contributed by atoms with Crippen LogP contribution in [0.4, 0.5) is 0 Å². The van der Waals surface area contributed by atoms with Crippen LogP contribution in [-0.4, -0.2) is 12.6 Å². The predicted octanol–water partition coefficient (Wildman–Crippen LogP) is 0.978. The molecule has 1 aliphatic carbocycles. The molecule has 10 heavy (non-hydrogen) atoms. The van der Waals surface area contributed by atoms with Gasteiger partial charge in [-0.1, -0.05) is 18.1 Å². The van der Waals surface area contributed by atoms with E-state index >= 15 is 0 Å². The van der Waals surface area contributed by atoms with Gasteiger partial charge in [-0.05, 0) is 19.3 Å². The molecule has 1 unspecified atom stereocenters. The largest absolute Gasteiger partial charge is 0.233 e. The Hall–Kier alpha value is -0.340. The number of nitrogens with zero attached hydrogens (tertiary/aromatic N) is 1. The van der Waals surface area contributed by atoms with Crippen molar-refractivity contribution in [2.24, 2.45) is 0 Å². The molecule has 1 heterocycles. The third-order valence-electron chi connectivity index (χ3n) is 2.35. The summed E-state index contributed by atoms with van der Waals surface area (Å²) >= 11 is 0. The molecule has 1 radical (unpaired) electrons. The highest BCUT2D eigenvalue weighted by Crippen LogP contribution is 2.24. The lowest BCUT2D eigenvalue weighted by Gasteiger charge is -2.28. The van der Waals surface area contributed by atoms with Crippen LogP contribution in [0.15, 0.2) is 11.6 Å². The van der Waals surface area contributed by atoms with Crippen molar-refractivity contribution in [1.29, 1.82) is 0 Å². The zero-order valence-electron chi connectivity index (χ0n) is 6.14. The van der Waals surface area contributed by atoms with Crippen LogP contribution in [0.1, 0.15) is 25.7 Å². The second-order valence-corrected chi connectivity index (χ2v) is 3.05. The third-order valence-corrected chi connectivity index (χ3v) is 2.35. The first kappa shape index (κ1) is 6.38. The van der Waals surface area contributed by atoms with E-state index in [1.807, 2.05) is 0 Å². The molecule has 1 saturated carbocycles. The minimum Gasteiger partial charge on any atom is -0.233 e. The number of nitrogens with one attached hydrogen (secondary N) is 1. The molecule has 1 aliphatic heterocycles. The maximum absolute atomic E-state index is 4.14. The topological polar surface area (TPSA) is 26.1 Å². The molecule has 2 heteroatoms. The molecule has 0 aromatic heterocycles. The summed E-state index contributed by atoms with van der Waals surface area (Å²) in [5, 5.41) is 0. The van der Waals surface area contributed by atoms with Gasteiger partial charge in [0.2, 0.25) is 0 Å². The molecule has 0 bridgehead atoms. The molecular formula is C8H13N2. The average Bonchev–Trinajstić information content (AvgIpc) is 2.05. The minimum absolute atomic E-state index is 0.600. The molecular weight excluding hydrogens is 124 g/mol. The second-order valence-electron chi connectivity index (χ2n) is 3.05. The Labute approximate surface area is 61.7 Å². The predicted molar refractivity (Wildman–Crippen MR) is 40.5 cm³/mol. The molecule has 2 nitrogen and oxygen atoms in total. The Morgan fingerprint density at radius 2 is 2.50 bits per heavy atom. The van der Waals surface area contributed by atoms with Crippen LogP contribution in [0.2, 0.25) is 0 Å². The Morgan fingerprint density at radius 3 is 3.40 bits per heavy atom. The van der Waals surface area contributed by atoms with Crippen molar-refractivity contribution < 1.29 is 0 Å². The van der Waals surface area contributed by atoms with Gasteiger partial charge in [-0.3, -0.25) is 0 Å². The Morgan fingerprint density at radius 1 is 1.50 bits per heavy atom.